The summed E-state index contributed by atoms with van der Waals surface area (Å²) in [6, 6.07) is 9.60. The molecule has 0 saturated carbocycles. The van der Waals surface area contributed by atoms with E-state index in [1.807, 2.05) is 6.07 Å². The van der Waals surface area contributed by atoms with Crippen LogP contribution in [0.25, 0.3) is 0 Å². The van der Waals surface area contributed by atoms with Crippen molar-refractivity contribution in [2.45, 2.75) is 38.9 Å². The Labute approximate surface area is 127 Å². The average Bonchev–Trinajstić information content (AvgIpc) is 2.69. The molecule has 0 amide bonds. The van der Waals surface area contributed by atoms with E-state index in [-0.39, 0.29) is 18.3 Å². The molecule has 0 bridgehead atoms. The lowest BCUT2D eigenvalue weighted by Crippen LogP contribution is -2.43. The van der Waals surface area contributed by atoms with E-state index in [0.29, 0.717) is 0 Å². The summed E-state index contributed by atoms with van der Waals surface area (Å²) in [6.07, 6.45) is 0. The van der Waals surface area contributed by atoms with E-state index in [2.05, 4.69) is 56.1 Å². The van der Waals surface area contributed by atoms with Gasteiger partial charge in [0.2, 0.25) is 0 Å². The van der Waals surface area contributed by atoms with Gasteiger partial charge in [0, 0.05) is 31.9 Å². The number of hydrogen-bond donors (Lipinski definition) is 1. The zero-order valence-electron chi connectivity index (χ0n) is 13.4. The third-order valence-electron chi connectivity index (χ3n) is 4.81. The maximum absolute atomic E-state index is 6.06. The molecule has 1 aromatic carbocycles. The van der Waals surface area contributed by atoms with Gasteiger partial charge in [0.05, 0.1) is 11.2 Å². The summed E-state index contributed by atoms with van der Waals surface area (Å²) in [6.45, 7) is 12.5. The third kappa shape index (κ3) is 2.82. The first kappa shape index (κ1) is 14.9. The summed E-state index contributed by atoms with van der Waals surface area (Å²) in [5, 5.41) is 3.37. The topological polar surface area (TPSA) is 33.7 Å². The fraction of sp³-hybridized carbons (Fsp3) is 0.625. The molecule has 0 aliphatic carbocycles. The first-order chi connectivity index (χ1) is 9.89. The highest BCUT2D eigenvalue weighted by atomic mass is 16.7. The molecule has 21 heavy (non-hydrogen) atoms. The molecule has 4 nitrogen and oxygen atoms in total. The van der Waals surface area contributed by atoms with Gasteiger partial charge in [0.15, 0.2) is 0 Å². The van der Waals surface area contributed by atoms with E-state index in [0.717, 1.165) is 31.6 Å². The molecule has 2 fully saturated rings. The van der Waals surface area contributed by atoms with Crippen LogP contribution in [0.2, 0.25) is 0 Å². The summed E-state index contributed by atoms with van der Waals surface area (Å²) in [5.74, 6) is 0. The molecule has 3 rings (SSSR count). The van der Waals surface area contributed by atoms with Gasteiger partial charge in [-0.3, -0.25) is 0 Å². The molecule has 113 valence electrons. The predicted molar refractivity (Wildman–Crippen MR) is 86.1 cm³/mol. The van der Waals surface area contributed by atoms with Crippen LogP contribution in [0.5, 0.6) is 0 Å². The van der Waals surface area contributed by atoms with Crippen LogP contribution in [0.1, 0.15) is 27.7 Å². The van der Waals surface area contributed by atoms with E-state index in [1.54, 1.807) is 0 Å². The SMILES string of the molecule is CC1(C)OB(c2[c]cc(N3CCNCC3)cc2)OC1(C)C. The lowest BCUT2D eigenvalue weighted by Gasteiger charge is -2.32. The van der Waals surface area contributed by atoms with Crippen LogP contribution in [-0.4, -0.2) is 44.5 Å². The van der Waals surface area contributed by atoms with Crippen LogP contribution in [0.4, 0.5) is 5.69 Å². The van der Waals surface area contributed by atoms with Crippen LogP contribution in [-0.2, 0) is 9.31 Å². The Bertz CT molecular complexity index is 480. The maximum Gasteiger partial charge on any atom is 0.495 e. The Morgan fingerprint density at radius 1 is 1.10 bits per heavy atom. The predicted octanol–water partition coefficient (Wildman–Crippen LogP) is 1.20. The van der Waals surface area contributed by atoms with Gasteiger partial charge < -0.3 is 19.5 Å². The second kappa shape index (κ2) is 5.31. The average molecular weight is 287 g/mol. The molecule has 0 atom stereocenters. The van der Waals surface area contributed by atoms with Crippen molar-refractivity contribution in [1.82, 2.24) is 5.32 Å². The molecule has 2 aliphatic heterocycles. The monoisotopic (exact) mass is 287 g/mol. The fourth-order valence-electron chi connectivity index (χ4n) is 2.67. The van der Waals surface area contributed by atoms with Gasteiger partial charge in [0.1, 0.15) is 0 Å². The summed E-state index contributed by atoms with van der Waals surface area (Å²) < 4.78 is 12.1. The van der Waals surface area contributed by atoms with Crippen molar-refractivity contribution in [3.8, 4) is 0 Å². The molecule has 2 aliphatic rings. The Balaban J connectivity index is 1.73. The number of benzene rings is 1. The van der Waals surface area contributed by atoms with Crippen molar-refractivity contribution >= 4 is 18.3 Å². The zero-order valence-corrected chi connectivity index (χ0v) is 13.4. The molecule has 0 spiro atoms. The molecule has 5 heteroatoms. The highest BCUT2D eigenvalue weighted by Crippen LogP contribution is 2.36. The summed E-state index contributed by atoms with van der Waals surface area (Å²) in [7, 11) is -0.327. The van der Waals surface area contributed by atoms with Crippen LogP contribution >= 0.6 is 0 Å². The van der Waals surface area contributed by atoms with Gasteiger partial charge in [0.25, 0.3) is 0 Å². The minimum atomic E-state index is -0.327. The Morgan fingerprint density at radius 3 is 2.24 bits per heavy atom. The summed E-state index contributed by atoms with van der Waals surface area (Å²) >= 11 is 0. The highest BCUT2D eigenvalue weighted by Gasteiger charge is 2.51. The Hall–Kier alpha value is -1.04. The van der Waals surface area contributed by atoms with Crippen molar-refractivity contribution in [3.05, 3.63) is 24.3 Å². The first-order valence-corrected chi connectivity index (χ1v) is 7.72. The largest absolute Gasteiger partial charge is 0.495 e. The molecular weight excluding hydrogens is 263 g/mol. The number of nitrogens with zero attached hydrogens (tertiary/aromatic N) is 1. The molecular formula is C16H24BN2O2. The first-order valence-electron chi connectivity index (χ1n) is 7.72. The number of hydrogen-bond acceptors (Lipinski definition) is 4. The van der Waals surface area contributed by atoms with Gasteiger partial charge in [-0.05, 0) is 51.4 Å². The van der Waals surface area contributed by atoms with Crippen molar-refractivity contribution in [2.75, 3.05) is 31.1 Å². The second-order valence-electron chi connectivity index (χ2n) is 6.83. The highest BCUT2D eigenvalue weighted by molar-refractivity contribution is 6.62. The van der Waals surface area contributed by atoms with Gasteiger partial charge >= 0.3 is 7.12 Å². The molecule has 1 radical (unpaired) electrons. The van der Waals surface area contributed by atoms with Gasteiger partial charge in [-0.15, -0.1) is 0 Å². The minimum absolute atomic E-state index is 0.303. The fourth-order valence-corrected chi connectivity index (χ4v) is 2.67. The Morgan fingerprint density at radius 2 is 1.71 bits per heavy atom. The van der Waals surface area contributed by atoms with Crippen LogP contribution in [0.15, 0.2) is 18.2 Å². The molecule has 1 N–H and O–H groups in total. The van der Waals surface area contributed by atoms with Crippen molar-refractivity contribution in [2.24, 2.45) is 0 Å². The van der Waals surface area contributed by atoms with Crippen molar-refractivity contribution in [3.63, 3.8) is 0 Å². The molecule has 1 aromatic rings. The quantitative estimate of drug-likeness (QED) is 0.829. The molecule has 2 heterocycles. The summed E-state index contributed by atoms with van der Waals surface area (Å²) in [5.41, 5.74) is 1.58. The normalized spacial score (nSPS) is 24.4. The van der Waals surface area contributed by atoms with Crippen LogP contribution in [0.3, 0.4) is 0 Å². The summed E-state index contributed by atoms with van der Waals surface area (Å²) in [4.78, 5) is 2.38. The van der Waals surface area contributed by atoms with Gasteiger partial charge in [-0.25, -0.2) is 0 Å². The van der Waals surface area contributed by atoms with Crippen LogP contribution in [0, 0.1) is 6.07 Å². The van der Waals surface area contributed by atoms with Crippen LogP contribution < -0.4 is 15.7 Å². The smallest absolute Gasteiger partial charge is 0.399 e. The minimum Gasteiger partial charge on any atom is -0.399 e. The zero-order chi connectivity index (χ0) is 15.1. The number of nitrogens with one attached hydrogen (secondary N) is 1. The third-order valence-corrected chi connectivity index (χ3v) is 4.81. The standard InChI is InChI=1S/C16H24BN2O2/c1-15(2)16(3,4)21-17(20-15)13-5-7-14(8-6-13)19-11-9-18-10-12-19/h5,7-8,18H,9-12H2,1-4H3. The van der Waals surface area contributed by atoms with E-state index >= 15 is 0 Å². The molecule has 0 aromatic heterocycles. The molecule has 2 saturated heterocycles. The van der Waals surface area contributed by atoms with Crippen molar-refractivity contribution < 1.29 is 9.31 Å². The number of rotatable bonds is 2. The van der Waals surface area contributed by atoms with E-state index in [1.165, 1.54) is 5.69 Å². The van der Waals surface area contributed by atoms with E-state index < -0.39 is 0 Å². The number of piperazine rings is 1. The van der Waals surface area contributed by atoms with Crippen molar-refractivity contribution in [1.29, 1.82) is 0 Å². The number of anilines is 1. The van der Waals surface area contributed by atoms with E-state index in [4.69, 9.17) is 9.31 Å². The van der Waals surface area contributed by atoms with E-state index in [9.17, 15) is 0 Å². The lowest BCUT2D eigenvalue weighted by molar-refractivity contribution is 0.00578. The van der Waals surface area contributed by atoms with Gasteiger partial charge in [-0.2, -0.15) is 0 Å². The molecule has 0 unspecified atom stereocenters. The Kier molecular flexibility index (Phi) is 3.76. The lowest BCUT2D eigenvalue weighted by atomic mass is 9.79. The second-order valence-corrected chi connectivity index (χ2v) is 6.83. The maximum atomic E-state index is 6.06. The van der Waals surface area contributed by atoms with Gasteiger partial charge in [-0.1, -0.05) is 6.07 Å².